The van der Waals surface area contributed by atoms with Crippen LogP contribution >= 0.6 is 0 Å². The Morgan fingerprint density at radius 3 is 2.62 bits per heavy atom. The molecule has 2 fully saturated rings. The number of rotatable bonds is 1. The first kappa shape index (κ1) is 14.0. The van der Waals surface area contributed by atoms with Crippen LogP contribution in [0.15, 0.2) is 18.2 Å². The van der Waals surface area contributed by atoms with Crippen molar-refractivity contribution >= 4 is 17.5 Å². The van der Waals surface area contributed by atoms with E-state index in [0.29, 0.717) is 24.1 Å². The van der Waals surface area contributed by atoms with Crippen LogP contribution in [0.25, 0.3) is 0 Å². The molecule has 2 aliphatic rings. The summed E-state index contributed by atoms with van der Waals surface area (Å²) in [6.45, 7) is 1.60. The molecule has 2 amide bonds. The van der Waals surface area contributed by atoms with Crippen molar-refractivity contribution < 1.29 is 14.0 Å². The Labute approximate surface area is 123 Å². The van der Waals surface area contributed by atoms with Crippen LogP contribution in [-0.2, 0) is 9.59 Å². The summed E-state index contributed by atoms with van der Waals surface area (Å²) >= 11 is 0. The molecule has 0 radical (unpaired) electrons. The summed E-state index contributed by atoms with van der Waals surface area (Å²) in [5, 5.41) is 2.89. The molecule has 4 nitrogen and oxygen atoms in total. The van der Waals surface area contributed by atoms with E-state index in [-0.39, 0.29) is 24.2 Å². The standard InChI is InChI=1S/C16H19FN2O2/c1-11-12(17)6-5-7-13(11)19-10-14(20)18-16(15(19)21)8-3-2-4-9-16/h5-7H,2-4,8-10H2,1H3,(H,18,20). The summed E-state index contributed by atoms with van der Waals surface area (Å²) in [6, 6.07) is 4.64. The molecule has 21 heavy (non-hydrogen) atoms. The third kappa shape index (κ3) is 2.30. The van der Waals surface area contributed by atoms with E-state index in [9.17, 15) is 14.0 Å². The topological polar surface area (TPSA) is 49.4 Å². The zero-order valence-electron chi connectivity index (χ0n) is 12.1. The van der Waals surface area contributed by atoms with Gasteiger partial charge in [0.15, 0.2) is 0 Å². The molecule has 112 valence electrons. The van der Waals surface area contributed by atoms with Gasteiger partial charge in [-0.2, -0.15) is 0 Å². The monoisotopic (exact) mass is 290 g/mol. The van der Waals surface area contributed by atoms with E-state index in [0.717, 1.165) is 19.3 Å². The highest BCUT2D eigenvalue weighted by Crippen LogP contribution is 2.34. The number of nitrogens with zero attached hydrogens (tertiary/aromatic N) is 1. The molecule has 1 saturated heterocycles. The summed E-state index contributed by atoms with van der Waals surface area (Å²) in [5.74, 6) is -0.625. The molecular formula is C16H19FN2O2. The molecule has 1 heterocycles. The van der Waals surface area contributed by atoms with Gasteiger partial charge in [0.2, 0.25) is 5.91 Å². The van der Waals surface area contributed by atoms with Crippen LogP contribution in [0.2, 0.25) is 0 Å². The predicted octanol–water partition coefficient (Wildman–Crippen LogP) is 2.30. The first-order valence-corrected chi connectivity index (χ1v) is 7.42. The predicted molar refractivity (Wildman–Crippen MR) is 77.4 cm³/mol. The second-order valence-electron chi connectivity index (χ2n) is 5.97. The molecule has 1 spiro atoms. The lowest BCUT2D eigenvalue weighted by Gasteiger charge is -2.44. The number of hydrogen-bond acceptors (Lipinski definition) is 2. The van der Waals surface area contributed by atoms with Crippen molar-refractivity contribution in [3.8, 4) is 0 Å². The number of nitrogens with one attached hydrogen (secondary N) is 1. The molecule has 0 bridgehead atoms. The highest BCUT2D eigenvalue weighted by Gasteiger charge is 2.47. The van der Waals surface area contributed by atoms with Gasteiger partial charge in [-0.25, -0.2) is 4.39 Å². The van der Waals surface area contributed by atoms with Crippen molar-refractivity contribution in [1.82, 2.24) is 5.32 Å². The average Bonchev–Trinajstić information content (AvgIpc) is 2.47. The number of amides is 2. The van der Waals surface area contributed by atoms with Crippen LogP contribution in [0.1, 0.15) is 37.7 Å². The summed E-state index contributed by atoms with van der Waals surface area (Å²) < 4.78 is 13.8. The minimum Gasteiger partial charge on any atom is -0.340 e. The van der Waals surface area contributed by atoms with Crippen molar-refractivity contribution in [2.24, 2.45) is 0 Å². The first-order valence-electron chi connectivity index (χ1n) is 7.42. The van der Waals surface area contributed by atoms with E-state index in [4.69, 9.17) is 0 Å². The van der Waals surface area contributed by atoms with E-state index in [1.54, 1.807) is 19.1 Å². The molecule has 5 heteroatoms. The number of benzene rings is 1. The zero-order valence-corrected chi connectivity index (χ0v) is 12.1. The van der Waals surface area contributed by atoms with Gasteiger partial charge in [-0.05, 0) is 31.9 Å². The Bertz CT molecular complexity index is 594. The second-order valence-corrected chi connectivity index (χ2v) is 5.97. The lowest BCUT2D eigenvalue weighted by atomic mass is 9.79. The Hall–Kier alpha value is -1.91. The molecule has 1 aliphatic carbocycles. The van der Waals surface area contributed by atoms with Gasteiger partial charge in [-0.3, -0.25) is 9.59 Å². The summed E-state index contributed by atoms with van der Waals surface area (Å²) in [4.78, 5) is 26.4. The SMILES string of the molecule is Cc1c(F)cccc1N1CC(=O)NC2(CCCCC2)C1=O. The van der Waals surface area contributed by atoms with Crippen molar-refractivity contribution in [3.63, 3.8) is 0 Å². The second kappa shape index (κ2) is 5.13. The van der Waals surface area contributed by atoms with Crippen LogP contribution in [-0.4, -0.2) is 23.9 Å². The molecule has 1 aromatic carbocycles. The Balaban J connectivity index is 2.00. The van der Waals surface area contributed by atoms with Gasteiger partial charge in [0, 0.05) is 5.56 Å². The fourth-order valence-corrected chi connectivity index (χ4v) is 3.41. The normalized spacial score (nSPS) is 21.5. The van der Waals surface area contributed by atoms with Gasteiger partial charge >= 0.3 is 0 Å². The van der Waals surface area contributed by atoms with Gasteiger partial charge in [-0.15, -0.1) is 0 Å². The number of anilines is 1. The molecule has 0 aromatic heterocycles. The first-order chi connectivity index (χ1) is 10.0. The molecular weight excluding hydrogens is 271 g/mol. The van der Waals surface area contributed by atoms with Crippen LogP contribution in [0.3, 0.4) is 0 Å². The summed E-state index contributed by atoms with van der Waals surface area (Å²) in [5.41, 5.74) is 0.123. The number of hydrogen-bond donors (Lipinski definition) is 1. The van der Waals surface area contributed by atoms with E-state index in [2.05, 4.69) is 5.32 Å². The Morgan fingerprint density at radius 1 is 1.19 bits per heavy atom. The summed E-state index contributed by atoms with van der Waals surface area (Å²) in [7, 11) is 0. The lowest BCUT2D eigenvalue weighted by molar-refractivity contribution is -0.137. The molecule has 0 unspecified atom stereocenters. The molecule has 1 aromatic rings. The third-order valence-electron chi connectivity index (χ3n) is 4.57. The minimum absolute atomic E-state index is 0.0368. The number of piperazine rings is 1. The smallest absolute Gasteiger partial charge is 0.253 e. The van der Waals surface area contributed by atoms with Gasteiger partial charge in [0.1, 0.15) is 17.9 Å². The van der Waals surface area contributed by atoms with Gasteiger partial charge < -0.3 is 10.2 Å². The maximum absolute atomic E-state index is 13.8. The number of halogens is 1. The molecule has 3 rings (SSSR count). The minimum atomic E-state index is -0.785. The highest BCUT2D eigenvalue weighted by molar-refractivity contribution is 6.09. The third-order valence-corrected chi connectivity index (χ3v) is 4.57. The van der Waals surface area contributed by atoms with Crippen LogP contribution in [0, 0.1) is 12.7 Å². The molecule has 1 aliphatic heterocycles. The largest absolute Gasteiger partial charge is 0.340 e. The fraction of sp³-hybridized carbons (Fsp3) is 0.500. The van der Waals surface area contributed by atoms with E-state index in [1.807, 2.05) is 0 Å². The van der Waals surface area contributed by atoms with Crippen molar-refractivity contribution in [2.45, 2.75) is 44.6 Å². The molecule has 0 atom stereocenters. The number of carbonyl (C=O) groups is 2. The molecule has 1 N–H and O–H groups in total. The van der Waals surface area contributed by atoms with Crippen molar-refractivity contribution in [2.75, 3.05) is 11.4 Å². The molecule has 1 saturated carbocycles. The van der Waals surface area contributed by atoms with Crippen LogP contribution in [0.5, 0.6) is 0 Å². The maximum Gasteiger partial charge on any atom is 0.253 e. The maximum atomic E-state index is 13.8. The van der Waals surface area contributed by atoms with Crippen LogP contribution < -0.4 is 10.2 Å². The van der Waals surface area contributed by atoms with E-state index < -0.39 is 5.54 Å². The van der Waals surface area contributed by atoms with Gasteiger partial charge in [0.25, 0.3) is 5.91 Å². The van der Waals surface area contributed by atoms with Gasteiger partial charge in [0.05, 0.1) is 5.69 Å². The fourth-order valence-electron chi connectivity index (χ4n) is 3.41. The van der Waals surface area contributed by atoms with Gasteiger partial charge in [-0.1, -0.05) is 25.3 Å². The highest BCUT2D eigenvalue weighted by atomic mass is 19.1. The summed E-state index contributed by atoms with van der Waals surface area (Å²) in [6.07, 6.45) is 4.29. The zero-order chi connectivity index (χ0) is 15.0. The number of carbonyl (C=O) groups excluding carboxylic acids is 2. The Kier molecular flexibility index (Phi) is 3.43. The quantitative estimate of drug-likeness (QED) is 0.863. The Morgan fingerprint density at radius 2 is 1.90 bits per heavy atom. The van der Waals surface area contributed by atoms with Crippen LogP contribution in [0.4, 0.5) is 10.1 Å². The van der Waals surface area contributed by atoms with E-state index in [1.165, 1.54) is 11.0 Å². The van der Waals surface area contributed by atoms with Crippen molar-refractivity contribution in [3.05, 3.63) is 29.6 Å². The lowest BCUT2D eigenvalue weighted by Crippen LogP contribution is -2.67. The van der Waals surface area contributed by atoms with Crippen molar-refractivity contribution in [1.29, 1.82) is 0 Å². The average molecular weight is 290 g/mol. The van der Waals surface area contributed by atoms with E-state index >= 15 is 0 Å².